The van der Waals surface area contributed by atoms with Crippen LogP contribution in [0.1, 0.15) is 19.3 Å². The highest BCUT2D eigenvalue weighted by Crippen LogP contribution is 2.37. The van der Waals surface area contributed by atoms with Gasteiger partial charge in [-0.05, 0) is 44.2 Å². The molecule has 1 aliphatic heterocycles. The van der Waals surface area contributed by atoms with E-state index in [0.29, 0.717) is 0 Å². The molecule has 0 aromatic rings. The van der Waals surface area contributed by atoms with Crippen molar-refractivity contribution in [1.82, 2.24) is 5.32 Å². The molecule has 0 aromatic heterocycles. The van der Waals surface area contributed by atoms with E-state index >= 15 is 0 Å². The van der Waals surface area contributed by atoms with Gasteiger partial charge in [-0.2, -0.15) is 0 Å². The molecule has 46 valence electrons. The fourth-order valence-corrected chi connectivity index (χ4v) is 1.86. The highest BCUT2D eigenvalue weighted by atomic mass is 14.9. The van der Waals surface area contributed by atoms with Gasteiger partial charge in [-0.25, -0.2) is 0 Å². The number of rotatable bonds is 0. The molecule has 1 heteroatoms. The number of hydrogen-bond acceptors (Lipinski definition) is 1. The van der Waals surface area contributed by atoms with Crippen LogP contribution in [0, 0.1) is 11.8 Å². The first-order valence-electron chi connectivity index (χ1n) is 3.67. The molecule has 1 nitrogen and oxygen atoms in total. The Kier molecular flexibility index (Phi) is 1.04. The molecule has 0 bridgehead atoms. The third-order valence-electron chi connectivity index (χ3n) is 2.67. The fraction of sp³-hybridized carbons (Fsp3) is 1.00. The number of fused-ring (bicyclic) bond motifs is 1. The van der Waals surface area contributed by atoms with Gasteiger partial charge in [-0.1, -0.05) is 0 Å². The summed E-state index contributed by atoms with van der Waals surface area (Å²) in [5, 5.41) is 3.42. The first-order valence-corrected chi connectivity index (χ1v) is 3.67. The molecule has 2 atom stereocenters. The maximum atomic E-state index is 3.42. The van der Waals surface area contributed by atoms with Gasteiger partial charge in [-0.15, -0.1) is 0 Å². The molecule has 0 amide bonds. The van der Waals surface area contributed by atoms with Crippen LogP contribution in [-0.2, 0) is 0 Å². The summed E-state index contributed by atoms with van der Waals surface area (Å²) in [6, 6.07) is 0. The lowest BCUT2D eigenvalue weighted by atomic mass is 9.70. The van der Waals surface area contributed by atoms with Gasteiger partial charge in [-0.3, -0.25) is 0 Å². The summed E-state index contributed by atoms with van der Waals surface area (Å²) < 4.78 is 0. The maximum absolute atomic E-state index is 3.42. The minimum absolute atomic E-state index is 1.07. The first kappa shape index (κ1) is 4.80. The monoisotopic (exact) mass is 111 g/mol. The topological polar surface area (TPSA) is 12.0 Å². The molecule has 1 N–H and O–H groups in total. The second kappa shape index (κ2) is 1.73. The van der Waals surface area contributed by atoms with E-state index in [0.717, 1.165) is 11.8 Å². The van der Waals surface area contributed by atoms with E-state index in [1.807, 2.05) is 0 Å². The summed E-state index contributed by atoms with van der Waals surface area (Å²) in [6.07, 6.45) is 4.47. The van der Waals surface area contributed by atoms with Crippen molar-refractivity contribution in [3.05, 3.63) is 0 Å². The Morgan fingerprint density at radius 3 is 2.25 bits per heavy atom. The van der Waals surface area contributed by atoms with Crippen molar-refractivity contribution < 1.29 is 0 Å². The largest absolute Gasteiger partial charge is 0.316 e. The van der Waals surface area contributed by atoms with Crippen molar-refractivity contribution >= 4 is 0 Å². The maximum Gasteiger partial charge on any atom is -0.00179 e. The van der Waals surface area contributed by atoms with Crippen molar-refractivity contribution in [3.8, 4) is 0 Å². The average molecular weight is 111 g/mol. The molecule has 0 aromatic carbocycles. The average Bonchev–Trinajstić information content (AvgIpc) is 1.72. The zero-order valence-corrected chi connectivity index (χ0v) is 5.19. The highest BCUT2D eigenvalue weighted by molar-refractivity contribution is 4.85. The van der Waals surface area contributed by atoms with E-state index in [-0.39, 0.29) is 0 Å². The van der Waals surface area contributed by atoms with Gasteiger partial charge in [0, 0.05) is 0 Å². The summed E-state index contributed by atoms with van der Waals surface area (Å²) in [4.78, 5) is 0. The highest BCUT2D eigenvalue weighted by Gasteiger charge is 2.31. The fourth-order valence-electron chi connectivity index (χ4n) is 1.86. The van der Waals surface area contributed by atoms with Crippen molar-refractivity contribution in [3.63, 3.8) is 0 Å². The van der Waals surface area contributed by atoms with Gasteiger partial charge in [0.1, 0.15) is 0 Å². The molecule has 1 saturated heterocycles. The first-order chi connectivity index (χ1) is 3.97. The van der Waals surface area contributed by atoms with Crippen LogP contribution < -0.4 is 5.32 Å². The summed E-state index contributed by atoms with van der Waals surface area (Å²) in [6.45, 7) is 2.59. The quantitative estimate of drug-likeness (QED) is 0.492. The molecule has 1 aliphatic carbocycles. The lowest BCUT2D eigenvalue weighted by Gasteiger charge is -2.40. The molecular formula is C7H13N. The van der Waals surface area contributed by atoms with Crippen molar-refractivity contribution in [1.29, 1.82) is 0 Å². The minimum atomic E-state index is 1.07. The molecule has 0 spiro atoms. The third-order valence-corrected chi connectivity index (χ3v) is 2.67. The predicted molar refractivity (Wildman–Crippen MR) is 33.7 cm³/mol. The van der Waals surface area contributed by atoms with Crippen LogP contribution in [0.15, 0.2) is 0 Å². The van der Waals surface area contributed by atoms with Crippen LogP contribution in [0.25, 0.3) is 0 Å². The van der Waals surface area contributed by atoms with Gasteiger partial charge >= 0.3 is 0 Å². The minimum Gasteiger partial charge on any atom is -0.316 e. The smallest absolute Gasteiger partial charge is 0.00179 e. The van der Waals surface area contributed by atoms with Gasteiger partial charge in [0.15, 0.2) is 0 Å². The van der Waals surface area contributed by atoms with Gasteiger partial charge in [0.05, 0.1) is 0 Å². The lowest BCUT2D eigenvalue weighted by Crippen LogP contribution is -2.42. The van der Waals surface area contributed by atoms with Gasteiger partial charge in [0.25, 0.3) is 0 Å². The summed E-state index contributed by atoms with van der Waals surface area (Å²) in [5.41, 5.74) is 0. The van der Waals surface area contributed by atoms with Crippen molar-refractivity contribution in [2.45, 2.75) is 19.3 Å². The Balaban J connectivity index is 1.92. The summed E-state index contributed by atoms with van der Waals surface area (Å²) in [5.74, 6) is 2.19. The van der Waals surface area contributed by atoms with Gasteiger partial charge < -0.3 is 5.32 Å². The van der Waals surface area contributed by atoms with Crippen LogP contribution in [0.5, 0.6) is 0 Å². The molecule has 0 radical (unpaired) electrons. The number of hydrogen-bond donors (Lipinski definition) is 1. The molecule has 1 saturated carbocycles. The van der Waals surface area contributed by atoms with E-state index in [1.165, 1.54) is 32.4 Å². The van der Waals surface area contributed by atoms with Crippen LogP contribution in [-0.4, -0.2) is 13.1 Å². The van der Waals surface area contributed by atoms with E-state index in [1.54, 1.807) is 0 Å². The molecule has 8 heavy (non-hydrogen) atoms. The summed E-state index contributed by atoms with van der Waals surface area (Å²) >= 11 is 0. The van der Waals surface area contributed by atoms with Crippen LogP contribution in [0.4, 0.5) is 0 Å². The molecule has 1 unspecified atom stereocenters. The Morgan fingerprint density at radius 1 is 1.00 bits per heavy atom. The van der Waals surface area contributed by atoms with E-state index in [9.17, 15) is 0 Å². The lowest BCUT2D eigenvalue weighted by molar-refractivity contribution is 0.130. The van der Waals surface area contributed by atoms with Crippen molar-refractivity contribution in [2.24, 2.45) is 11.8 Å². The van der Waals surface area contributed by atoms with E-state index in [2.05, 4.69) is 5.32 Å². The SMILES string of the molecule is C1C[C@H]2CCC2CN1. The number of piperidine rings is 1. The molecule has 2 aliphatic rings. The van der Waals surface area contributed by atoms with Crippen LogP contribution >= 0.6 is 0 Å². The van der Waals surface area contributed by atoms with Crippen LogP contribution in [0.3, 0.4) is 0 Å². The second-order valence-electron chi connectivity index (χ2n) is 3.09. The standard InChI is InChI=1S/C7H13N/c1-2-7-5-8-4-3-6(1)7/h6-8H,1-5H2/t6-,7?/m1/s1. The Bertz CT molecular complexity index is 78.4. The van der Waals surface area contributed by atoms with Crippen LogP contribution in [0.2, 0.25) is 0 Å². The molecule has 1 heterocycles. The van der Waals surface area contributed by atoms with E-state index < -0.39 is 0 Å². The Hall–Kier alpha value is -0.0400. The Labute approximate surface area is 50.5 Å². The Morgan fingerprint density at radius 2 is 1.88 bits per heavy atom. The number of nitrogens with one attached hydrogen (secondary N) is 1. The normalized spacial score (nSPS) is 45.0. The molecule has 2 fully saturated rings. The molecule has 2 rings (SSSR count). The van der Waals surface area contributed by atoms with E-state index in [4.69, 9.17) is 0 Å². The summed E-state index contributed by atoms with van der Waals surface area (Å²) in [7, 11) is 0. The molecular weight excluding hydrogens is 98.1 g/mol. The zero-order valence-electron chi connectivity index (χ0n) is 5.19. The van der Waals surface area contributed by atoms with Crippen molar-refractivity contribution in [2.75, 3.05) is 13.1 Å². The zero-order chi connectivity index (χ0) is 5.40. The second-order valence-corrected chi connectivity index (χ2v) is 3.09. The van der Waals surface area contributed by atoms with Gasteiger partial charge in [0.2, 0.25) is 0 Å². The third kappa shape index (κ3) is 0.576. The predicted octanol–water partition coefficient (Wildman–Crippen LogP) is 1.01.